The number of carbonyl (C=O) groups is 1. The van der Waals surface area contributed by atoms with Gasteiger partial charge in [0, 0.05) is 32.7 Å². The zero-order chi connectivity index (χ0) is 14.8. The molecule has 2 heterocycles. The van der Waals surface area contributed by atoms with Crippen molar-refractivity contribution in [2.75, 3.05) is 39.0 Å². The Morgan fingerprint density at radius 1 is 1.24 bits per heavy atom. The monoisotopic (exact) mass is 341 g/mol. The highest BCUT2D eigenvalue weighted by molar-refractivity contribution is 7.88. The maximum atomic E-state index is 12.4. The molecule has 2 atom stereocenters. The summed E-state index contributed by atoms with van der Waals surface area (Å²) in [6.07, 6.45) is 2.95. The van der Waals surface area contributed by atoms with Crippen LogP contribution in [0.3, 0.4) is 0 Å². The maximum absolute atomic E-state index is 12.4. The summed E-state index contributed by atoms with van der Waals surface area (Å²) < 4.78 is 30.1. The van der Waals surface area contributed by atoms with Crippen LogP contribution in [0.1, 0.15) is 19.3 Å². The number of ether oxygens (including phenoxy) is 1. The van der Waals surface area contributed by atoms with Gasteiger partial charge in [0.15, 0.2) is 0 Å². The largest absolute Gasteiger partial charge is 0.364 e. The van der Waals surface area contributed by atoms with E-state index in [1.165, 1.54) is 10.6 Å². The molecule has 0 aromatic heterocycles. The third-order valence-corrected chi connectivity index (χ3v) is 5.18. The van der Waals surface area contributed by atoms with E-state index in [1.807, 2.05) is 0 Å². The Balaban J connectivity index is 0.00000220. The van der Waals surface area contributed by atoms with Gasteiger partial charge in [0.2, 0.25) is 10.0 Å². The Kier molecular flexibility index (Phi) is 6.86. The smallest absolute Gasteiger partial charge is 0.251 e. The van der Waals surface area contributed by atoms with E-state index in [9.17, 15) is 13.2 Å². The Morgan fingerprint density at radius 2 is 1.95 bits per heavy atom. The van der Waals surface area contributed by atoms with E-state index >= 15 is 0 Å². The van der Waals surface area contributed by atoms with Gasteiger partial charge in [0.1, 0.15) is 6.10 Å². The third kappa shape index (κ3) is 4.79. The average Bonchev–Trinajstić information content (AvgIpc) is 2.72. The van der Waals surface area contributed by atoms with Crippen LogP contribution in [0.4, 0.5) is 0 Å². The summed E-state index contributed by atoms with van der Waals surface area (Å²) in [5, 5.41) is 0. The SMILES string of the molecule is CS(=O)(=O)N1CCCN(C(=O)[C@@H]2CC[C@H](CN)O2)CC1.Cl. The summed E-state index contributed by atoms with van der Waals surface area (Å²) >= 11 is 0. The van der Waals surface area contributed by atoms with Crippen molar-refractivity contribution >= 4 is 28.3 Å². The van der Waals surface area contributed by atoms with Gasteiger partial charge in [-0.15, -0.1) is 12.4 Å². The van der Waals surface area contributed by atoms with Gasteiger partial charge < -0.3 is 15.4 Å². The third-order valence-electron chi connectivity index (χ3n) is 3.88. The molecule has 0 unspecified atom stereocenters. The van der Waals surface area contributed by atoms with E-state index in [0.717, 1.165) is 6.42 Å². The summed E-state index contributed by atoms with van der Waals surface area (Å²) in [5.41, 5.74) is 5.54. The number of rotatable bonds is 3. The lowest BCUT2D eigenvalue weighted by Crippen LogP contribution is -2.42. The maximum Gasteiger partial charge on any atom is 0.251 e. The molecule has 1 amide bonds. The first kappa shape index (κ1) is 18.6. The first-order valence-corrected chi connectivity index (χ1v) is 8.86. The summed E-state index contributed by atoms with van der Waals surface area (Å²) in [6.45, 7) is 2.28. The number of hydrogen-bond acceptors (Lipinski definition) is 5. The highest BCUT2D eigenvalue weighted by Gasteiger charge is 2.34. The molecular weight excluding hydrogens is 318 g/mol. The number of hydrogen-bond donors (Lipinski definition) is 1. The predicted octanol–water partition coefficient (Wildman–Crippen LogP) is -0.592. The molecule has 0 aliphatic carbocycles. The lowest BCUT2D eigenvalue weighted by molar-refractivity contribution is -0.142. The second-order valence-electron chi connectivity index (χ2n) is 5.40. The quantitative estimate of drug-likeness (QED) is 0.740. The molecule has 2 aliphatic heterocycles. The molecular formula is C12H24ClN3O4S. The number of nitrogens with zero attached hydrogens (tertiary/aromatic N) is 2. The molecule has 2 N–H and O–H groups in total. The number of sulfonamides is 1. The van der Waals surface area contributed by atoms with Crippen LogP contribution in [0.5, 0.6) is 0 Å². The topological polar surface area (TPSA) is 92.9 Å². The number of amides is 1. The molecule has 2 saturated heterocycles. The zero-order valence-corrected chi connectivity index (χ0v) is 13.9. The molecule has 0 aromatic rings. The van der Waals surface area contributed by atoms with E-state index in [4.69, 9.17) is 10.5 Å². The van der Waals surface area contributed by atoms with Gasteiger partial charge in [-0.2, -0.15) is 0 Å². The Bertz CT molecular complexity index is 459. The van der Waals surface area contributed by atoms with Gasteiger partial charge in [0.25, 0.3) is 5.91 Å². The van der Waals surface area contributed by atoms with Crippen LogP contribution in [0.15, 0.2) is 0 Å². The van der Waals surface area contributed by atoms with Gasteiger partial charge in [-0.3, -0.25) is 4.79 Å². The van der Waals surface area contributed by atoms with E-state index < -0.39 is 16.1 Å². The molecule has 0 saturated carbocycles. The van der Waals surface area contributed by atoms with Crippen molar-refractivity contribution in [3.63, 3.8) is 0 Å². The Hall–Kier alpha value is -0.410. The fourth-order valence-electron chi connectivity index (χ4n) is 2.71. The molecule has 124 valence electrons. The van der Waals surface area contributed by atoms with Crippen LogP contribution in [0.2, 0.25) is 0 Å². The Labute approximate surface area is 132 Å². The number of carbonyl (C=O) groups excluding carboxylic acids is 1. The van der Waals surface area contributed by atoms with Gasteiger partial charge in [-0.1, -0.05) is 0 Å². The van der Waals surface area contributed by atoms with Crippen molar-refractivity contribution in [1.29, 1.82) is 0 Å². The minimum atomic E-state index is -3.18. The first-order chi connectivity index (χ1) is 9.41. The van der Waals surface area contributed by atoms with E-state index in [1.54, 1.807) is 4.90 Å². The summed E-state index contributed by atoms with van der Waals surface area (Å²) in [6, 6.07) is 0. The minimum absolute atomic E-state index is 0. The molecule has 7 nitrogen and oxygen atoms in total. The predicted molar refractivity (Wildman–Crippen MR) is 81.8 cm³/mol. The molecule has 0 aromatic carbocycles. The lowest BCUT2D eigenvalue weighted by atomic mass is 10.2. The van der Waals surface area contributed by atoms with E-state index in [2.05, 4.69) is 0 Å². The van der Waals surface area contributed by atoms with Gasteiger partial charge in [-0.05, 0) is 19.3 Å². The number of nitrogens with two attached hydrogens (primary N) is 1. The summed E-state index contributed by atoms with van der Waals surface area (Å²) in [5.74, 6) is -0.0312. The van der Waals surface area contributed by atoms with Crippen LogP contribution in [0, 0.1) is 0 Å². The van der Waals surface area contributed by atoms with Crippen LogP contribution < -0.4 is 5.73 Å². The molecule has 21 heavy (non-hydrogen) atoms. The molecule has 9 heteroatoms. The van der Waals surface area contributed by atoms with Crippen LogP contribution >= 0.6 is 12.4 Å². The zero-order valence-electron chi connectivity index (χ0n) is 12.2. The molecule has 0 radical (unpaired) electrons. The molecule has 0 bridgehead atoms. The van der Waals surface area contributed by atoms with Crippen molar-refractivity contribution in [3.8, 4) is 0 Å². The van der Waals surface area contributed by atoms with Crippen molar-refractivity contribution < 1.29 is 17.9 Å². The fraction of sp³-hybridized carbons (Fsp3) is 0.917. The summed E-state index contributed by atoms with van der Waals surface area (Å²) in [4.78, 5) is 14.1. The van der Waals surface area contributed by atoms with Crippen LogP contribution in [-0.4, -0.2) is 74.7 Å². The first-order valence-electron chi connectivity index (χ1n) is 7.01. The van der Waals surface area contributed by atoms with Crippen LogP contribution in [0.25, 0.3) is 0 Å². The van der Waals surface area contributed by atoms with Crippen LogP contribution in [-0.2, 0) is 19.6 Å². The fourth-order valence-corrected chi connectivity index (χ4v) is 3.58. The number of halogens is 1. The van der Waals surface area contributed by atoms with E-state index in [-0.39, 0.29) is 24.4 Å². The molecule has 2 rings (SSSR count). The Morgan fingerprint density at radius 3 is 2.52 bits per heavy atom. The average molecular weight is 342 g/mol. The van der Waals surface area contributed by atoms with E-state index in [0.29, 0.717) is 45.6 Å². The molecule has 2 fully saturated rings. The molecule has 0 spiro atoms. The highest BCUT2D eigenvalue weighted by Crippen LogP contribution is 2.21. The second-order valence-corrected chi connectivity index (χ2v) is 7.38. The van der Waals surface area contributed by atoms with Gasteiger partial charge in [0.05, 0.1) is 12.4 Å². The van der Waals surface area contributed by atoms with Crippen molar-refractivity contribution in [2.24, 2.45) is 5.73 Å². The highest BCUT2D eigenvalue weighted by atomic mass is 35.5. The standard InChI is InChI=1S/C12H23N3O4S.ClH/c1-20(17,18)15-6-2-5-14(7-8-15)12(16)11-4-3-10(9-13)19-11;/h10-11H,2-9,13H2,1H3;1H/t10-,11+;/m1./s1. The summed E-state index contributed by atoms with van der Waals surface area (Å²) in [7, 11) is -3.18. The normalized spacial score (nSPS) is 28.0. The lowest BCUT2D eigenvalue weighted by Gasteiger charge is -2.24. The second kappa shape index (κ2) is 7.73. The van der Waals surface area contributed by atoms with Crippen molar-refractivity contribution in [2.45, 2.75) is 31.5 Å². The minimum Gasteiger partial charge on any atom is -0.364 e. The van der Waals surface area contributed by atoms with Crippen molar-refractivity contribution in [1.82, 2.24) is 9.21 Å². The van der Waals surface area contributed by atoms with Crippen molar-refractivity contribution in [3.05, 3.63) is 0 Å². The molecule has 2 aliphatic rings. The van der Waals surface area contributed by atoms with Gasteiger partial charge in [-0.25, -0.2) is 12.7 Å². The van der Waals surface area contributed by atoms with Gasteiger partial charge >= 0.3 is 0 Å².